The molecule has 0 atom stereocenters. The van der Waals surface area contributed by atoms with Crippen LogP contribution in [0.5, 0.6) is 0 Å². The molecule has 0 heterocycles. The summed E-state index contributed by atoms with van der Waals surface area (Å²) in [5.74, 6) is -10.1. The second-order valence-electron chi connectivity index (χ2n) is 8.58. The van der Waals surface area contributed by atoms with E-state index < -0.39 is 121 Å². The predicted octanol–water partition coefficient (Wildman–Crippen LogP) is -15.7. The molecule has 0 unspecified atom stereocenters. The Morgan fingerprint density at radius 3 is 0.685 bits per heavy atom. The summed E-state index contributed by atoms with van der Waals surface area (Å²) < 4.78 is 52.0. The zero-order valence-corrected chi connectivity index (χ0v) is 38.2. The second-order valence-corrected chi connectivity index (χ2v) is 11.0. The quantitative estimate of drug-likeness (QED) is 0.0360. The van der Waals surface area contributed by atoms with Gasteiger partial charge in [-0.15, -0.1) is 20.4 Å². The average Bonchev–Trinajstić information content (AvgIpc) is 2.82. The first-order chi connectivity index (χ1) is 22.1. The number of carbonyl (C=O) groups excluding carboxylic acids is 1. The Hall–Kier alpha value is -1.12. The van der Waals surface area contributed by atoms with Crippen molar-refractivity contribution in [2.45, 2.75) is 0 Å². The van der Waals surface area contributed by atoms with E-state index >= 15 is 0 Å². The van der Waals surface area contributed by atoms with E-state index in [1.54, 1.807) is 0 Å². The van der Waals surface area contributed by atoms with Gasteiger partial charge in [-0.3, -0.25) is 61.6 Å². The first-order valence-corrected chi connectivity index (χ1v) is 15.5. The summed E-state index contributed by atoms with van der Waals surface area (Å²) in [5.41, 5.74) is 0. The molecular weight excluding hydrogens is 841 g/mol. The van der Waals surface area contributed by atoms with Gasteiger partial charge in [0.15, 0.2) is 0 Å². The molecule has 34 heteroatoms. The largest absolute Gasteiger partial charge is 1.00 e. The van der Waals surface area contributed by atoms with E-state index in [0.717, 1.165) is 19.6 Å². The molecule has 0 aromatic carbocycles. The maximum atomic E-state index is 10.6. The number of carboxylic acid groups (broad SMARTS) is 8. The molecule has 15 N–H and O–H groups in total. The van der Waals surface area contributed by atoms with Gasteiger partial charge in [0.2, 0.25) is 0 Å². The smallest absolute Gasteiger partial charge is 0.784 e. The fourth-order valence-corrected chi connectivity index (χ4v) is 2.94. The Morgan fingerprint density at radius 1 is 0.481 bits per heavy atom. The van der Waals surface area contributed by atoms with Crippen molar-refractivity contribution in [1.29, 1.82) is 0 Å². The Balaban J connectivity index is -0.0000000810. The molecule has 0 aromatic heterocycles. The van der Waals surface area contributed by atoms with E-state index in [1.165, 1.54) is 0 Å². The van der Waals surface area contributed by atoms with Crippen LogP contribution in [0.15, 0.2) is 0 Å². The van der Waals surface area contributed by atoms with Gasteiger partial charge in [0.25, 0.3) is 0 Å². The van der Waals surface area contributed by atoms with E-state index in [1.807, 2.05) is 0 Å². The third kappa shape index (κ3) is 75.7. The van der Waals surface area contributed by atoms with E-state index in [9.17, 15) is 43.5 Å². The number of carbonyl (C=O) groups is 8. The minimum Gasteiger partial charge on any atom is -0.784 e. The first-order valence-electron chi connectivity index (χ1n) is 12.2. The number of rotatable bonds is 22. The van der Waals surface area contributed by atoms with Crippen molar-refractivity contribution in [3.63, 3.8) is 0 Å². The SMILES string of the molecule is O=C(O)CN(CCN(CC(=O)O)CC(=O)O)CC(=O)O.O=C([O-])CN(CCN(CC(=O)O)CC(=O)O)CC(=O)O.O=S([O-])([O-])=S.O=S([O-])[O-].[NH4+].[NH4+].[Na+].[Na+].[Na+]. The monoisotopic (exact) mass is 880 g/mol. The van der Waals surface area contributed by atoms with E-state index in [2.05, 4.69) is 11.2 Å². The van der Waals surface area contributed by atoms with Crippen molar-refractivity contribution in [2.24, 2.45) is 0 Å². The molecule has 0 radical (unpaired) electrons. The zero-order valence-electron chi connectivity index (χ0n) is 29.8. The van der Waals surface area contributed by atoms with Crippen LogP contribution in [0.25, 0.3) is 0 Å². The van der Waals surface area contributed by atoms with E-state index in [0.29, 0.717) is 0 Å². The fraction of sp³-hybridized carbons (Fsp3) is 0.600. The maximum absolute atomic E-state index is 10.6. The summed E-state index contributed by atoms with van der Waals surface area (Å²) in [6.07, 6.45) is 0. The number of carboxylic acids is 8. The summed E-state index contributed by atoms with van der Waals surface area (Å²) in [5, 5.41) is 70.7. The van der Waals surface area contributed by atoms with Crippen molar-refractivity contribution in [3.05, 3.63) is 0 Å². The zero-order chi connectivity index (χ0) is 39.5. The molecule has 0 saturated heterocycles. The summed E-state index contributed by atoms with van der Waals surface area (Å²) in [7, 11) is -4.33. The van der Waals surface area contributed by atoms with Crippen LogP contribution in [0.1, 0.15) is 0 Å². The molecule has 0 saturated carbocycles. The maximum Gasteiger partial charge on any atom is 1.00 e. The summed E-state index contributed by atoms with van der Waals surface area (Å²) in [4.78, 5) is 88.5. The summed E-state index contributed by atoms with van der Waals surface area (Å²) in [6, 6.07) is 0. The van der Waals surface area contributed by atoms with Gasteiger partial charge >= 0.3 is 130 Å². The summed E-state index contributed by atoms with van der Waals surface area (Å²) in [6.45, 7) is -4.75. The van der Waals surface area contributed by atoms with Gasteiger partial charge in [0.1, 0.15) is 0 Å². The van der Waals surface area contributed by atoms with Crippen LogP contribution in [0.3, 0.4) is 0 Å². The second kappa shape index (κ2) is 43.0. The number of aliphatic carboxylic acids is 8. The number of hydrogen-bond donors (Lipinski definition) is 9. The van der Waals surface area contributed by atoms with Gasteiger partial charge in [-0.1, -0.05) is 0 Å². The standard InChI is InChI=1S/2C10H16N2O8.2H3N.3Na.H2O3S2.H2O3S/c2*13-7(14)3-11(4-8(15)16)1-2-12(5-9(17)18)6-10(19)20;;;;;;1-5(2,3)4;1-4(2)3/h2*1-6H2,(H,13,14)(H,15,16)(H,17,18)(H,19,20);2*1H3;;;;(H2,1,2,3,4);(H2,1,2,3)/q;;;;3*+1;;/p-3. The van der Waals surface area contributed by atoms with Gasteiger partial charge in [-0.05, 0) is 11.2 Å². The molecule has 0 spiro atoms. The van der Waals surface area contributed by atoms with E-state index in [4.69, 9.17) is 62.4 Å². The molecule has 302 valence electrons. The molecule has 54 heavy (non-hydrogen) atoms. The Bertz CT molecular complexity index is 1040. The van der Waals surface area contributed by atoms with Gasteiger partial charge in [0.05, 0.1) is 51.8 Å². The topological polar surface area (TPSA) is 514 Å². The molecule has 0 rings (SSSR count). The van der Waals surface area contributed by atoms with Gasteiger partial charge < -0.3 is 76.2 Å². The number of nitrogens with zero attached hydrogens (tertiary/aromatic N) is 4. The van der Waals surface area contributed by atoms with Crippen LogP contribution in [-0.2, 0) is 70.0 Å². The third-order valence-corrected chi connectivity index (χ3v) is 4.33. The molecule has 0 aliphatic carbocycles. The molecule has 0 amide bonds. The Labute approximate surface area is 380 Å². The van der Waals surface area contributed by atoms with Gasteiger partial charge in [-0.2, -0.15) is 0 Å². The van der Waals surface area contributed by atoms with Crippen LogP contribution >= 0.6 is 0 Å². The minimum absolute atomic E-state index is 0. The van der Waals surface area contributed by atoms with Crippen molar-refractivity contribution >= 4 is 79.4 Å². The van der Waals surface area contributed by atoms with Crippen LogP contribution in [0.2, 0.25) is 0 Å². The van der Waals surface area contributed by atoms with Gasteiger partial charge in [-0.25, -0.2) is 0 Å². The molecule has 0 aliphatic rings. The Morgan fingerprint density at radius 2 is 0.593 bits per heavy atom. The van der Waals surface area contributed by atoms with Crippen molar-refractivity contribution in [2.75, 3.05) is 78.5 Å². The predicted molar refractivity (Wildman–Crippen MR) is 163 cm³/mol. The number of quaternary nitrogens is 2. The molecule has 0 fully saturated rings. The first kappa shape index (κ1) is 73.9. The van der Waals surface area contributed by atoms with Crippen LogP contribution in [0.4, 0.5) is 0 Å². The average molecular weight is 881 g/mol. The molecule has 0 aliphatic heterocycles. The van der Waals surface area contributed by atoms with Crippen molar-refractivity contribution < 1.29 is 195 Å². The molecule has 0 aromatic rings. The number of hydrogen-bond acceptors (Lipinski definition) is 20. The summed E-state index contributed by atoms with van der Waals surface area (Å²) >= 11 is 0.132. The normalized spacial score (nSPS) is 9.65. The van der Waals surface area contributed by atoms with Crippen LogP contribution in [-0.4, -0.2) is 208 Å². The van der Waals surface area contributed by atoms with Gasteiger partial charge in [0, 0.05) is 32.7 Å². The Kier molecular flexibility index (Phi) is 58.9. The molecule has 28 nitrogen and oxygen atoms in total. The minimum atomic E-state index is -4.33. The van der Waals surface area contributed by atoms with Crippen molar-refractivity contribution in [1.82, 2.24) is 31.9 Å². The third-order valence-electron chi connectivity index (χ3n) is 4.33. The molecule has 0 bridgehead atoms. The molecular formula is C20H39N6Na3O22S3. The van der Waals surface area contributed by atoms with Crippen LogP contribution in [0, 0.1) is 0 Å². The van der Waals surface area contributed by atoms with Crippen molar-refractivity contribution in [3.8, 4) is 0 Å². The fourth-order valence-electron chi connectivity index (χ4n) is 2.94. The van der Waals surface area contributed by atoms with Crippen LogP contribution < -0.4 is 106 Å². The van der Waals surface area contributed by atoms with E-state index in [-0.39, 0.29) is 127 Å².